The minimum Gasteiger partial charge on any atom is -0.420 e. The van der Waals surface area contributed by atoms with E-state index in [-0.39, 0.29) is 0 Å². The summed E-state index contributed by atoms with van der Waals surface area (Å²) in [5.74, 6) is 1.10. The first-order valence-corrected chi connectivity index (χ1v) is 5.83. The Balaban J connectivity index is 2.17. The van der Waals surface area contributed by atoms with Gasteiger partial charge in [-0.2, -0.15) is 0 Å². The molecular formula is C9H10ClN3OS. The van der Waals surface area contributed by atoms with Crippen molar-refractivity contribution in [3.63, 3.8) is 0 Å². The van der Waals surface area contributed by atoms with Crippen LogP contribution in [0.2, 0.25) is 5.02 Å². The summed E-state index contributed by atoms with van der Waals surface area (Å²) in [5.41, 5.74) is 5.39. The van der Waals surface area contributed by atoms with Crippen molar-refractivity contribution in [3.05, 3.63) is 22.4 Å². The van der Waals surface area contributed by atoms with Gasteiger partial charge in [0.15, 0.2) is 0 Å². The van der Waals surface area contributed by atoms with Crippen molar-refractivity contribution < 1.29 is 4.42 Å². The standard InChI is InChI=1S/C9H10ClN3OS/c10-6-3-5-15-8(6)9-13-12-7(14-9)2-1-4-11/h3,5H,1-2,4,11H2. The zero-order valence-electron chi connectivity index (χ0n) is 7.94. The van der Waals surface area contributed by atoms with Gasteiger partial charge in [0.25, 0.3) is 5.89 Å². The monoisotopic (exact) mass is 243 g/mol. The SMILES string of the molecule is NCCCc1nnc(-c2sccc2Cl)o1. The molecule has 0 amide bonds. The topological polar surface area (TPSA) is 64.9 Å². The predicted octanol–water partition coefficient (Wildman–Crippen LogP) is 2.34. The third-order valence-corrected chi connectivity index (χ3v) is 3.20. The van der Waals surface area contributed by atoms with Gasteiger partial charge in [-0.25, -0.2) is 0 Å². The molecule has 80 valence electrons. The number of aryl methyl sites for hydroxylation is 1. The van der Waals surface area contributed by atoms with E-state index in [9.17, 15) is 0 Å². The van der Waals surface area contributed by atoms with Gasteiger partial charge in [-0.05, 0) is 24.4 Å². The minimum atomic E-state index is 0.488. The maximum Gasteiger partial charge on any atom is 0.259 e. The summed E-state index contributed by atoms with van der Waals surface area (Å²) in [7, 11) is 0. The van der Waals surface area contributed by atoms with Crippen molar-refractivity contribution in [2.75, 3.05) is 6.54 Å². The highest BCUT2D eigenvalue weighted by molar-refractivity contribution is 7.14. The molecule has 0 atom stereocenters. The Kier molecular flexibility index (Phi) is 3.35. The molecule has 0 aliphatic carbocycles. The first-order chi connectivity index (χ1) is 7.31. The van der Waals surface area contributed by atoms with Crippen molar-refractivity contribution in [3.8, 4) is 10.8 Å². The van der Waals surface area contributed by atoms with E-state index in [1.54, 1.807) is 0 Å². The number of nitrogens with two attached hydrogens (primary N) is 1. The van der Waals surface area contributed by atoms with Crippen molar-refractivity contribution in [1.29, 1.82) is 0 Å². The number of thiophene rings is 1. The van der Waals surface area contributed by atoms with Crippen LogP contribution in [0.5, 0.6) is 0 Å². The molecule has 4 nitrogen and oxygen atoms in total. The second-order valence-corrected chi connectivity index (χ2v) is 4.31. The molecule has 0 bridgehead atoms. The van der Waals surface area contributed by atoms with Gasteiger partial charge in [0, 0.05) is 6.42 Å². The third-order valence-electron chi connectivity index (χ3n) is 1.87. The number of hydrogen-bond acceptors (Lipinski definition) is 5. The molecule has 2 aromatic heterocycles. The van der Waals surface area contributed by atoms with Crippen LogP contribution in [0.25, 0.3) is 10.8 Å². The summed E-state index contributed by atoms with van der Waals surface area (Å²) in [6.07, 6.45) is 1.56. The van der Waals surface area contributed by atoms with Crippen molar-refractivity contribution >= 4 is 22.9 Å². The molecule has 2 N–H and O–H groups in total. The fraction of sp³-hybridized carbons (Fsp3) is 0.333. The van der Waals surface area contributed by atoms with Crippen LogP contribution in [-0.4, -0.2) is 16.7 Å². The number of halogens is 1. The normalized spacial score (nSPS) is 10.8. The van der Waals surface area contributed by atoms with Crippen LogP contribution in [-0.2, 0) is 6.42 Å². The van der Waals surface area contributed by atoms with Gasteiger partial charge >= 0.3 is 0 Å². The number of aromatic nitrogens is 2. The molecule has 0 saturated heterocycles. The number of hydrogen-bond donors (Lipinski definition) is 1. The Morgan fingerprint density at radius 1 is 1.47 bits per heavy atom. The molecule has 0 saturated carbocycles. The van der Waals surface area contributed by atoms with Gasteiger partial charge in [-0.1, -0.05) is 11.6 Å². The van der Waals surface area contributed by atoms with Crippen LogP contribution >= 0.6 is 22.9 Å². The van der Waals surface area contributed by atoms with Crippen molar-refractivity contribution in [2.24, 2.45) is 5.73 Å². The van der Waals surface area contributed by atoms with E-state index in [0.717, 1.165) is 11.3 Å². The van der Waals surface area contributed by atoms with E-state index in [0.29, 0.717) is 29.8 Å². The summed E-state index contributed by atoms with van der Waals surface area (Å²) in [4.78, 5) is 0.822. The average Bonchev–Trinajstić information content (AvgIpc) is 2.83. The van der Waals surface area contributed by atoms with E-state index in [1.165, 1.54) is 11.3 Å². The van der Waals surface area contributed by atoms with Crippen molar-refractivity contribution in [2.45, 2.75) is 12.8 Å². The van der Waals surface area contributed by atoms with Crippen LogP contribution in [0.1, 0.15) is 12.3 Å². The first-order valence-electron chi connectivity index (χ1n) is 4.57. The molecule has 6 heteroatoms. The molecule has 0 aliphatic heterocycles. The van der Waals surface area contributed by atoms with Gasteiger partial charge in [0.1, 0.15) is 4.88 Å². The van der Waals surface area contributed by atoms with Gasteiger partial charge < -0.3 is 10.2 Å². The van der Waals surface area contributed by atoms with E-state index in [4.69, 9.17) is 21.8 Å². The molecule has 0 fully saturated rings. The lowest BCUT2D eigenvalue weighted by Gasteiger charge is -1.91. The van der Waals surface area contributed by atoms with Crippen LogP contribution in [0, 0.1) is 0 Å². The smallest absolute Gasteiger partial charge is 0.259 e. The fourth-order valence-corrected chi connectivity index (χ4v) is 2.20. The highest BCUT2D eigenvalue weighted by atomic mass is 35.5. The lowest BCUT2D eigenvalue weighted by molar-refractivity contribution is 0.500. The summed E-state index contributed by atoms with van der Waals surface area (Å²) in [6, 6.07) is 1.81. The Morgan fingerprint density at radius 2 is 2.33 bits per heavy atom. The maximum absolute atomic E-state index is 5.95. The maximum atomic E-state index is 5.95. The van der Waals surface area contributed by atoms with Crippen LogP contribution in [0.15, 0.2) is 15.9 Å². The number of rotatable bonds is 4. The highest BCUT2D eigenvalue weighted by Gasteiger charge is 2.12. The summed E-state index contributed by atoms with van der Waals surface area (Å²) in [5, 5.41) is 10.4. The molecule has 2 heterocycles. The summed E-state index contributed by atoms with van der Waals surface area (Å²) in [6.45, 7) is 0.622. The quantitative estimate of drug-likeness (QED) is 0.895. The lowest BCUT2D eigenvalue weighted by atomic mass is 10.3. The largest absolute Gasteiger partial charge is 0.420 e. The van der Waals surface area contributed by atoms with E-state index in [2.05, 4.69) is 10.2 Å². The van der Waals surface area contributed by atoms with Gasteiger partial charge in [0.05, 0.1) is 5.02 Å². The Bertz CT molecular complexity index is 440. The molecule has 15 heavy (non-hydrogen) atoms. The average molecular weight is 244 g/mol. The molecular weight excluding hydrogens is 234 g/mol. The van der Waals surface area contributed by atoms with Crippen LogP contribution in [0.3, 0.4) is 0 Å². The molecule has 0 aliphatic rings. The summed E-state index contributed by atoms with van der Waals surface area (Å²) >= 11 is 7.44. The van der Waals surface area contributed by atoms with Crippen LogP contribution < -0.4 is 5.73 Å². The van der Waals surface area contributed by atoms with E-state index >= 15 is 0 Å². The molecule has 0 unspecified atom stereocenters. The second-order valence-electron chi connectivity index (χ2n) is 2.99. The second kappa shape index (κ2) is 4.74. The summed E-state index contributed by atoms with van der Waals surface area (Å²) < 4.78 is 5.46. The minimum absolute atomic E-state index is 0.488. The zero-order chi connectivity index (χ0) is 10.7. The zero-order valence-corrected chi connectivity index (χ0v) is 9.51. The van der Waals surface area contributed by atoms with Gasteiger partial charge in [-0.3, -0.25) is 0 Å². The first kappa shape index (κ1) is 10.6. The van der Waals surface area contributed by atoms with E-state index in [1.807, 2.05) is 11.4 Å². The third kappa shape index (κ3) is 2.37. The molecule has 2 aromatic rings. The molecule has 0 radical (unpaired) electrons. The Morgan fingerprint density at radius 3 is 3.00 bits per heavy atom. The van der Waals surface area contributed by atoms with Gasteiger partial charge in [0.2, 0.25) is 5.89 Å². The molecule has 2 rings (SSSR count). The van der Waals surface area contributed by atoms with Gasteiger partial charge in [-0.15, -0.1) is 21.5 Å². The Hall–Kier alpha value is -0.910. The Labute approximate surface area is 96.1 Å². The van der Waals surface area contributed by atoms with Crippen LogP contribution in [0.4, 0.5) is 0 Å². The van der Waals surface area contributed by atoms with E-state index < -0.39 is 0 Å². The highest BCUT2D eigenvalue weighted by Crippen LogP contribution is 2.32. The molecule has 0 aromatic carbocycles. The fourth-order valence-electron chi connectivity index (χ4n) is 1.15. The van der Waals surface area contributed by atoms with Crippen molar-refractivity contribution in [1.82, 2.24) is 10.2 Å². The molecule has 0 spiro atoms. The number of nitrogens with zero attached hydrogens (tertiary/aromatic N) is 2. The lowest BCUT2D eigenvalue weighted by Crippen LogP contribution is -2.00. The predicted molar refractivity (Wildman–Crippen MR) is 60.0 cm³/mol.